The molecule has 10 heteroatoms. The lowest BCUT2D eigenvalue weighted by Crippen LogP contribution is -2.53. The van der Waals surface area contributed by atoms with Gasteiger partial charge in [0.15, 0.2) is 5.54 Å². The van der Waals surface area contributed by atoms with Crippen molar-refractivity contribution in [1.29, 1.82) is 0 Å². The molecule has 0 spiro atoms. The van der Waals surface area contributed by atoms with E-state index in [9.17, 15) is 4.79 Å². The molecule has 1 atom stereocenters. The van der Waals surface area contributed by atoms with E-state index in [-0.39, 0.29) is 12.1 Å². The summed E-state index contributed by atoms with van der Waals surface area (Å²) in [5, 5.41) is 9.10. The van der Waals surface area contributed by atoms with Gasteiger partial charge in [-0.1, -0.05) is 18.1 Å². The van der Waals surface area contributed by atoms with E-state index >= 15 is 0 Å². The van der Waals surface area contributed by atoms with E-state index in [0.29, 0.717) is 25.0 Å². The molecule has 3 aromatic rings. The second-order valence-electron chi connectivity index (χ2n) is 14.3. The molecule has 0 aromatic carbocycles. The van der Waals surface area contributed by atoms with Gasteiger partial charge in [0, 0.05) is 37.6 Å². The van der Waals surface area contributed by atoms with E-state index in [4.69, 9.17) is 14.5 Å². The first-order valence-electron chi connectivity index (χ1n) is 16.4. The van der Waals surface area contributed by atoms with E-state index in [2.05, 4.69) is 38.4 Å². The number of rotatable bonds is 8. The van der Waals surface area contributed by atoms with Crippen LogP contribution in [0.2, 0.25) is 0 Å². The zero-order valence-electron chi connectivity index (χ0n) is 26.3. The van der Waals surface area contributed by atoms with Crippen LogP contribution in [0.5, 0.6) is 0 Å². The molecule has 0 unspecified atom stereocenters. The van der Waals surface area contributed by atoms with E-state index in [1.165, 1.54) is 44.1 Å². The molecule has 234 valence electrons. The normalized spacial score (nSPS) is 22.1. The average molecular weight is 600 g/mol. The minimum Gasteiger partial charge on any atom is -0.444 e. The zero-order chi connectivity index (χ0) is 30.3. The number of pyridine rings is 2. The minimum atomic E-state index is -0.505. The van der Waals surface area contributed by atoms with Crippen molar-refractivity contribution in [2.75, 3.05) is 37.7 Å². The van der Waals surface area contributed by atoms with Crippen LogP contribution in [0.25, 0.3) is 11.3 Å². The third kappa shape index (κ3) is 6.05. The highest BCUT2D eigenvalue weighted by Crippen LogP contribution is 2.37. The average Bonchev–Trinajstić information content (AvgIpc) is 3.41. The fraction of sp³-hybridized carbons (Fsp3) is 0.618. The summed E-state index contributed by atoms with van der Waals surface area (Å²) in [6, 6.07) is 6.60. The maximum Gasteiger partial charge on any atom is 0.410 e. The van der Waals surface area contributed by atoms with E-state index in [1.807, 2.05) is 55.1 Å². The molecule has 44 heavy (non-hydrogen) atoms. The lowest BCUT2D eigenvalue weighted by Gasteiger charge is -2.42. The van der Waals surface area contributed by atoms with Crippen LogP contribution in [0.4, 0.5) is 10.5 Å². The number of carbonyl (C=O) groups is 1. The predicted molar refractivity (Wildman–Crippen MR) is 167 cm³/mol. The van der Waals surface area contributed by atoms with Crippen LogP contribution in [0.1, 0.15) is 89.3 Å². The Hall–Kier alpha value is -3.53. The Morgan fingerprint density at radius 3 is 2.57 bits per heavy atom. The Labute approximate surface area is 260 Å². The molecule has 1 amide bonds. The molecule has 2 saturated heterocycles. The number of ether oxygens (including phenoxy) is 2. The number of nitrogens with zero attached hydrogens (tertiary/aromatic N) is 7. The summed E-state index contributed by atoms with van der Waals surface area (Å²) < 4.78 is 13.5. The first kappa shape index (κ1) is 29.2. The van der Waals surface area contributed by atoms with E-state index in [0.717, 1.165) is 55.1 Å². The van der Waals surface area contributed by atoms with Crippen molar-refractivity contribution in [2.24, 2.45) is 5.92 Å². The second kappa shape index (κ2) is 11.8. The Morgan fingerprint density at radius 1 is 1.07 bits per heavy atom. The summed E-state index contributed by atoms with van der Waals surface area (Å²) in [6.45, 7) is 9.32. The van der Waals surface area contributed by atoms with Crippen LogP contribution in [-0.4, -0.2) is 80.4 Å². The van der Waals surface area contributed by atoms with E-state index < -0.39 is 11.1 Å². The van der Waals surface area contributed by atoms with Gasteiger partial charge in [0.2, 0.25) is 0 Å². The molecule has 0 bridgehead atoms. The summed E-state index contributed by atoms with van der Waals surface area (Å²) >= 11 is 0. The van der Waals surface area contributed by atoms with Gasteiger partial charge in [-0.25, -0.2) is 9.48 Å². The molecule has 4 fully saturated rings. The van der Waals surface area contributed by atoms with Crippen LogP contribution in [-0.2, 0) is 15.0 Å². The van der Waals surface area contributed by atoms with Crippen LogP contribution in [0.15, 0.2) is 43.0 Å². The number of carbonyl (C=O) groups excluding carboxylic acids is 1. The smallest absolute Gasteiger partial charge is 0.410 e. The standard InChI is InChI=1S/C34H45N7O3/c1-33(2,3)44-32(42)40(19-24-10-11-24)29-9-6-14-39(20-29)28-12-13-31(36-18-28)34(22-43-23-34)41-21-30(37-38-41)27-15-26(16-35-17-27)25-7-4-5-8-25/h12-13,15-18,21,24-25,29H,4-11,14,19-20,22-23H2,1-3H3/t29-/m1/s1. The highest BCUT2D eigenvalue weighted by Gasteiger charge is 2.45. The summed E-state index contributed by atoms with van der Waals surface area (Å²) in [6.07, 6.45) is 17.1. The predicted octanol–water partition coefficient (Wildman–Crippen LogP) is 5.78. The molecule has 5 heterocycles. The van der Waals surface area contributed by atoms with Gasteiger partial charge in [-0.05, 0) is 94.9 Å². The summed E-state index contributed by atoms with van der Waals surface area (Å²) in [4.78, 5) is 27.1. The molecule has 10 nitrogen and oxygen atoms in total. The van der Waals surface area contributed by atoms with Crippen molar-refractivity contribution < 1.29 is 14.3 Å². The summed E-state index contributed by atoms with van der Waals surface area (Å²) in [5.41, 5.74) is 4.12. The molecule has 0 N–H and O–H groups in total. The van der Waals surface area contributed by atoms with Crippen molar-refractivity contribution in [3.8, 4) is 11.3 Å². The number of anilines is 1. The number of piperidine rings is 1. The molecule has 2 aliphatic carbocycles. The number of aromatic nitrogens is 5. The van der Waals surface area contributed by atoms with Crippen LogP contribution in [0.3, 0.4) is 0 Å². The fourth-order valence-corrected chi connectivity index (χ4v) is 6.94. The Morgan fingerprint density at radius 2 is 1.89 bits per heavy atom. The van der Waals surface area contributed by atoms with Crippen molar-refractivity contribution in [3.63, 3.8) is 0 Å². The quantitative estimate of drug-likeness (QED) is 0.321. The van der Waals surface area contributed by atoms with Gasteiger partial charge in [0.1, 0.15) is 11.3 Å². The SMILES string of the molecule is CC(C)(C)OC(=O)N(CC1CC1)[C@@H]1CCCN(c2ccc(C3(n4cc(-c5cncc(C6CCCC6)c5)nn4)COC3)nc2)C1. The van der Waals surface area contributed by atoms with Gasteiger partial charge in [-0.15, -0.1) is 5.10 Å². The van der Waals surface area contributed by atoms with Crippen molar-refractivity contribution >= 4 is 11.8 Å². The van der Waals surface area contributed by atoms with Gasteiger partial charge < -0.3 is 19.3 Å². The van der Waals surface area contributed by atoms with Gasteiger partial charge in [0.25, 0.3) is 0 Å². The van der Waals surface area contributed by atoms with Crippen LogP contribution < -0.4 is 4.90 Å². The third-order valence-electron chi connectivity index (χ3n) is 9.70. The van der Waals surface area contributed by atoms with Crippen molar-refractivity contribution in [1.82, 2.24) is 29.9 Å². The summed E-state index contributed by atoms with van der Waals surface area (Å²) in [7, 11) is 0. The second-order valence-corrected chi connectivity index (χ2v) is 14.3. The van der Waals surface area contributed by atoms with Gasteiger partial charge in [0.05, 0.1) is 43.0 Å². The summed E-state index contributed by atoms with van der Waals surface area (Å²) in [5.74, 6) is 1.20. The molecule has 7 rings (SSSR count). The lowest BCUT2D eigenvalue weighted by atomic mass is 9.92. The molecular weight excluding hydrogens is 554 g/mol. The topological polar surface area (TPSA) is 98.5 Å². The minimum absolute atomic E-state index is 0.125. The number of amides is 1. The van der Waals surface area contributed by atoms with Crippen molar-refractivity contribution in [2.45, 2.75) is 95.2 Å². The first-order valence-corrected chi connectivity index (χ1v) is 16.4. The monoisotopic (exact) mass is 599 g/mol. The first-order chi connectivity index (χ1) is 21.3. The molecule has 3 aromatic heterocycles. The Kier molecular flexibility index (Phi) is 7.80. The van der Waals surface area contributed by atoms with Gasteiger partial charge in [-0.2, -0.15) is 0 Å². The number of hydrogen-bond donors (Lipinski definition) is 0. The lowest BCUT2D eigenvalue weighted by molar-refractivity contribution is -0.0851. The third-order valence-corrected chi connectivity index (χ3v) is 9.70. The molecular formula is C34H45N7O3. The Bertz CT molecular complexity index is 1450. The van der Waals surface area contributed by atoms with E-state index in [1.54, 1.807) is 0 Å². The Balaban J connectivity index is 1.06. The zero-order valence-corrected chi connectivity index (χ0v) is 26.3. The maximum atomic E-state index is 13.2. The molecule has 2 saturated carbocycles. The molecule has 0 radical (unpaired) electrons. The largest absolute Gasteiger partial charge is 0.444 e. The molecule has 2 aliphatic heterocycles. The van der Waals surface area contributed by atoms with Gasteiger partial charge >= 0.3 is 6.09 Å². The van der Waals surface area contributed by atoms with Gasteiger partial charge in [-0.3, -0.25) is 9.97 Å². The highest BCUT2D eigenvalue weighted by molar-refractivity contribution is 5.69. The van der Waals surface area contributed by atoms with Crippen molar-refractivity contribution in [3.05, 3.63) is 54.2 Å². The highest BCUT2D eigenvalue weighted by atomic mass is 16.6. The maximum absolute atomic E-state index is 13.2. The molecule has 4 aliphatic rings. The fourth-order valence-electron chi connectivity index (χ4n) is 6.94. The van der Waals surface area contributed by atoms with Crippen LogP contribution >= 0.6 is 0 Å². The number of hydrogen-bond acceptors (Lipinski definition) is 8. The van der Waals surface area contributed by atoms with Crippen LogP contribution in [0, 0.1) is 5.92 Å².